The zero-order valence-electron chi connectivity index (χ0n) is 10.6. The maximum absolute atomic E-state index is 5.56. The second kappa shape index (κ2) is 6.46. The largest absolute Gasteiger partial charge is 0.376 e. The van der Waals surface area contributed by atoms with Crippen molar-refractivity contribution in [2.45, 2.75) is 52.3 Å². The Morgan fingerprint density at radius 2 is 2.20 bits per heavy atom. The molecule has 15 heavy (non-hydrogen) atoms. The SMILES string of the molecule is CCCNC(C)C(C)N1CCOC(C)C1. The summed E-state index contributed by atoms with van der Waals surface area (Å²) in [6, 6.07) is 1.16. The van der Waals surface area contributed by atoms with E-state index in [-0.39, 0.29) is 0 Å². The lowest BCUT2D eigenvalue weighted by Gasteiger charge is -2.38. The molecule has 0 saturated carbocycles. The van der Waals surface area contributed by atoms with Gasteiger partial charge in [0.25, 0.3) is 0 Å². The zero-order chi connectivity index (χ0) is 11.3. The van der Waals surface area contributed by atoms with Gasteiger partial charge in [-0.1, -0.05) is 6.92 Å². The molecule has 3 atom stereocenters. The first-order valence-electron chi connectivity index (χ1n) is 6.24. The van der Waals surface area contributed by atoms with E-state index in [0.717, 1.165) is 26.2 Å². The van der Waals surface area contributed by atoms with Gasteiger partial charge in [0.05, 0.1) is 12.7 Å². The highest BCUT2D eigenvalue weighted by atomic mass is 16.5. The molecule has 0 radical (unpaired) electrons. The second-order valence-corrected chi connectivity index (χ2v) is 4.66. The Morgan fingerprint density at radius 1 is 1.47 bits per heavy atom. The minimum atomic E-state index is 0.388. The topological polar surface area (TPSA) is 24.5 Å². The smallest absolute Gasteiger partial charge is 0.0674 e. The minimum absolute atomic E-state index is 0.388. The number of nitrogens with zero attached hydrogens (tertiary/aromatic N) is 1. The maximum atomic E-state index is 5.56. The van der Waals surface area contributed by atoms with Gasteiger partial charge in [-0.05, 0) is 33.7 Å². The molecule has 0 bridgehead atoms. The van der Waals surface area contributed by atoms with Gasteiger partial charge in [-0.25, -0.2) is 0 Å². The fourth-order valence-electron chi connectivity index (χ4n) is 2.07. The van der Waals surface area contributed by atoms with E-state index < -0.39 is 0 Å². The molecule has 90 valence electrons. The molecule has 1 aliphatic heterocycles. The third-order valence-corrected chi connectivity index (χ3v) is 3.29. The standard InChI is InChI=1S/C12H26N2O/c1-5-6-13-11(3)12(4)14-7-8-15-10(2)9-14/h10-13H,5-9H2,1-4H3. The van der Waals surface area contributed by atoms with Gasteiger partial charge < -0.3 is 10.1 Å². The molecule has 1 fully saturated rings. The van der Waals surface area contributed by atoms with Crippen molar-refractivity contribution in [1.29, 1.82) is 0 Å². The molecule has 1 saturated heterocycles. The first-order valence-corrected chi connectivity index (χ1v) is 6.24. The maximum Gasteiger partial charge on any atom is 0.0674 e. The first kappa shape index (κ1) is 12.9. The van der Waals surface area contributed by atoms with Crippen molar-refractivity contribution in [1.82, 2.24) is 10.2 Å². The van der Waals surface area contributed by atoms with E-state index in [1.54, 1.807) is 0 Å². The van der Waals surface area contributed by atoms with Crippen LogP contribution in [0.5, 0.6) is 0 Å². The van der Waals surface area contributed by atoms with E-state index in [1.807, 2.05) is 0 Å². The molecule has 0 amide bonds. The monoisotopic (exact) mass is 214 g/mol. The molecule has 1 aliphatic rings. The summed E-state index contributed by atoms with van der Waals surface area (Å²) in [4.78, 5) is 2.53. The van der Waals surface area contributed by atoms with Crippen molar-refractivity contribution >= 4 is 0 Å². The van der Waals surface area contributed by atoms with Crippen LogP contribution < -0.4 is 5.32 Å². The summed E-state index contributed by atoms with van der Waals surface area (Å²) in [5.74, 6) is 0. The van der Waals surface area contributed by atoms with Crippen molar-refractivity contribution in [2.75, 3.05) is 26.2 Å². The van der Waals surface area contributed by atoms with Crippen LogP contribution in [0.4, 0.5) is 0 Å². The lowest BCUT2D eigenvalue weighted by Crippen LogP contribution is -2.52. The summed E-state index contributed by atoms with van der Waals surface area (Å²) in [6.45, 7) is 13.1. The highest BCUT2D eigenvalue weighted by molar-refractivity contribution is 4.80. The zero-order valence-corrected chi connectivity index (χ0v) is 10.6. The Bertz CT molecular complexity index is 175. The van der Waals surface area contributed by atoms with E-state index in [2.05, 4.69) is 37.9 Å². The highest BCUT2D eigenvalue weighted by Crippen LogP contribution is 2.11. The molecule has 0 aromatic rings. The average Bonchev–Trinajstić information content (AvgIpc) is 2.24. The molecule has 0 aromatic heterocycles. The van der Waals surface area contributed by atoms with Gasteiger partial charge in [0.2, 0.25) is 0 Å². The number of rotatable bonds is 5. The lowest BCUT2D eigenvalue weighted by atomic mass is 10.1. The van der Waals surface area contributed by atoms with Crippen LogP contribution in [0.15, 0.2) is 0 Å². The molecular weight excluding hydrogens is 188 g/mol. The third-order valence-electron chi connectivity index (χ3n) is 3.29. The molecule has 3 nitrogen and oxygen atoms in total. The normalized spacial score (nSPS) is 27.6. The number of hydrogen-bond acceptors (Lipinski definition) is 3. The average molecular weight is 214 g/mol. The first-order chi connectivity index (χ1) is 7.15. The molecule has 0 aromatic carbocycles. The number of hydrogen-bond donors (Lipinski definition) is 1. The van der Waals surface area contributed by atoms with E-state index in [0.29, 0.717) is 18.2 Å². The van der Waals surface area contributed by atoms with Gasteiger partial charge in [-0.3, -0.25) is 4.90 Å². The summed E-state index contributed by atoms with van der Waals surface area (Å²) in [5, 5.41) is 3.56. The van der Waals surface area contributed by atoms with Crippen LogP contribution in [-0.2, 0) is 4.74 Å². The lowest BCUT2D eigenvalue weighted by molar-refractivity contribution is -0.0357. The van der Waals surface area contributed by atoms with Gasteiger partial charge in [0.15, 0.2) is 0 Å². The van der Waals surface area contributed by atoms with E-state index >= 15 is 0 Å². The third kappa shape index (κ3) is 4.09. The highest BCUT2D eigenvalue weighted by Gasteiger charge is 2.24. The van der Waals surface area contributed by atoms with Gasteiger partial charge in [-0.2, -0.15) is 0 Å². The number of nitrogens with one attached hydrogen (secondary N) is 1. The number of morpholine rings is 1. The fourth-order valence-corrected chi connectivity index (χ4v) is 2.07. The summed E-state index contributed by atoms with van der Waals surface area (Å²) >= 11 is 0. The van der Waals surface area contributed by atoms with Gasteiger partial charge >= 0.3 is 0 Å². The van der Waals surface area contributed by atoms with E-state index in [4.69, 9.17) is 4.74 Å². The molecular formula is C12H26N2O. The summed E-state index contributed by atoms with van der Waals surface area (Å²) in [7, 11) is 0. The Morgan fingerprint density at radius 3 is 2.80 bits per heavy atom. The Kier molecular flexibility index (Phi) is 5.58. The van der Waals surface area contributed by atoms with Crippen LogP contribution in [0.25, 0.3) is 0 Å². The van der Waals surface area contributed by atoms with Crippen molar-refractivity contribution in [3.05, 3.63) is 0 Å². The number of ether oxygens (including phenoxy) is 1. The minimum Gasteiger partial charge on any atom is -0.376 e. The van der Waals surface area contributed by atoms with Crippen molar-refractivity contribution in [3.8, 4) is 0 Å². The molecule has 3 unspecified atom stereocenters. The second-order valence-electron chi connectivity index (χ2n) is 4.66. The molecule has 0 aliphatic carbocycles. The summed E-state index contributed by atoms with van der Waals surface area (Å²) in [6.07, 6.45) is 1.59. The molecule has 3 heteroatoms. The van der Waals surface area contributed by atoms with Crippen LogP contribution >= 0.6 is 0 Å². The molecule has 1 N–H and O–H groups in total. The van der Waals surface area contributed by atoms with Crippen LogP contribution in [0, 0.1) is 0 Å². The van der Waals surface area contributed by atoms with Gasteiger partial charge in [0.1, 0.15) is 0 Å². The van der Waals surface area contributed by atoms with Crippen LogP contribution in [0.2, 0.25) is 0 Å². The van der Waals surface area contributed by atoms with Gasteiger partial charge in [0, 0.05) is 25.2 Å². The van der Waals surface area contributed by atoms with Crippen molar-refractivity contribution < 1.29 is 4.74 Å². The molecule has 0 spiro atoms. The quantitative estimate of drug-likeness (QED) is 0.750. The van der Waals surface area contributed by atoms with Crippen LogP contribution in [0.1, 0.15) is 34.1 Å². The fraction of sp³-hybridized carbons (Fsp3) is 1.00. The Labute approximate surface area is 94.2 Å². The summed E-state index contributed by atoms with van der Waals surface area (Å²) < 4.78 is 5.56. The van der Waals surface area contributed by atoms with Crippen molar-refractivity contribution in [3.63, 3.8) is 0 Å². The van der Waals surface area contributed by atoms with E-state index in [1.165, 1.54) is 6.42 Å². The van der Waals surface area contributed by atoms with Gasteiger partial charge in [-0.15, -0.1) is 0 Å². The predicted molar refractivity (Wildman–Crippen MR) is 64.2 cm³/mol. The Balaban J connectivity index is 2.33. The predicted octanol–water partition coefficient (Wildman–Crippen LogP) is 1.48. The molecule has 1 rings (SSSR count). The van der Waals surface area contributed by atoms with Crippen LogP contribution in [-0.4, -0.2) is 49.3 Å². The summed E-state index contributed by atoms with van der Waals surface area (Å²) in [5.41, 5.74) is 0. The van der Waals surface area contributed by atoms with Crippen molar-refractivity contribution in [2.24, 2.45) is 0 Å². The molecule has 1 heterocycles. The van der Waals surface area contributed by atoms with Crippen LogP contribution in [0.3, 0.4) is 0 Å². The Hall–Kier alpha value is -0.120. The van der Waals surface area contributed by atoms with E-state index in [9.17, 15) is 0 Å².